The second kappa shape index (κ2) is 6.20. The van der Waals surface area contributed by atoms with Gasteiger partial charge in [-0.15, -0.1) is 0 Å². The van der Waals surface area contributed by atoms with Gasteiger partial charge in [-0.2, -0.15) is 0 Å². The standard InChI is InChI=1S/C18H19NO3/c20-12-17-16-7-2-1-5-14(16)8-9-19(17)18(22)11-13-4-3-6-15(21)10-13/h1-7,10,17,20-21H,8-9,11-12H2/t17-/m1/s1. The number of hydrogen-bond acceptors (Lipinski definition) is 3. The zero-order valence-corrected chi connectivity index (χ0v) is 12.3. The Morgan fingerprint density at radius 1 is 1.18 bits per heavy atom. The summed E-state index contributed by atoms with van der Waals surface area (Å²) in [6.45, 7) is 0.530. The monoisotopic (exact) mass is 297 g/mol. The van der Waals surface area contributed by atoms with E-state index < -0.39 is 0 Å². The van der Waals surface area contributed by atoms with Crippen LogP contribution in [0.2, 0.25) is 0 Å². The third-order valence-corrected chi connectivity index (χ3v) is 4.17. The van der Waals surface area contributed by atoms with Crippen molar-refractivity contribution in [1.29, 1.82) is 0 Å². The van der Waals surface area contributed by atoms with Crippen LogP contribution in [0.5, 0.6) is 5.75 Å². The molecule has 0 spiro atoms. The van der Waals surface area contributed by atoms with Crippen molar-refractivity contribution in [2.24, 2.45) is 0 Å². The van der Waals surface area contributed by atoms with Crippen LogP contribution in [0.25, 0.3) is 0 Å². The Labute approximate surface area is 129 Å². The molecule has 114 valence electrons. The molecule has 4 heteroatoms. The average molecular weight is 297 g/mol. The molecule has 1 atom stereocenters. The van der Waals surface area contributed by atoms with Crippen molar-refractivity contribution in [1.82, 2.24) is 4.90 Å². The maximum absolute atomic E-state index is 12.6. The number of benzene rings is 2. The van der Waals surface area contributed by atoms with Gasteiger partial charge in [-0.1, -0.05) is 36.4 Å². The summed E-state index contributed by atoms with van der Waals surface area (Å²) in [5.41, 5.74) is 3.00. The lowest BCUT2D eigenvalue weighted by molar-refractivity contribution is -0.134. The minimum atomic E-state index is -0.283. The van der Waals surface area contributed by atoms with Crippen LogP contribution in [-0.4, -0.2) is 34.2 Å². The molecule has 0 aliphatic carbocycles. The number of aliphatic hydroxyl groups is 1. The van der Waals surface area contributed by atoms with Crippen molar-refractivity contribution >= 4 is 5.91 Å². The number of carbonyl (C=O) groups excluding carboxylic acids is 1. The summed E-state index contributed by atoms with van der Waals surface area (Å²) in [6.07, 6.45) is 1.03. The number of amides is 1. The van der Waals surface area contributed by atoms with Crippen LogP contribution in [0.15, 0.2) is 48.5 Å². The fraction of sp³-hybridized carbons (Fsp3) is 0.278. The quantitative estimate of drug-likeness (QED) is 0.911. The van der Waals surface area contributed by atoms with Gasteiger partial charge >= 0.3 is 0 Å². The second-order valence-electron chi connectivity index (χ2n) is 5.58. The molecule has 0 unspecified atom stereocenters. The lowest BCUT2D eigenvalue weighted by Crippen LogP contribution is -2.42. The van der Waals surface area contributed by atoms with Crippen molar-refractivity contribution in [2.45, 2.75) is 18.9 Å². The highest BCUT2D eigenvalue weighted by Crippen LogP contribution is 2.29. The molecule has 3 rings (SSSR count). The maximum Gasteiger partial charge on any atom is 0.227 e. The smallest absolute Gasteiger partial charge is 0.227 e. The van der Waals surface area contributed by atoms with Gasteiger partial charge in [0.2, 0.25) is 5.91 Å². The van der Waals surface area contributed by atoms with Gasteiger partial charge in [0.1, 0.15) is 5.75 Å². The highest BCUT2D eigenvalue weighted by Gasteiger charge is 2.29. The molecule has 2 aromatic rings. The molecule has 4 nitrogen and oxygen atoms in total. The van der Waals surface area contributed by atoms with Crippen LogP contribution >= 0.6 is 0 Å². The van der Waals surface area contributed by atoms with Crippen molar-refractivity contribution in [3.63, 3.8) is 0 Å². The average Bonchev–Trinajstić information content (AvgIpc) is 2.53. The Morgan fingerprint density at radius 3 is 2.77 bits per heavy atom. The first kappa shape index (κ1) is 14.6. The van der Waals surface area contributed by atoms with Crippen LogP contribution in [0, 0.1) is 0 Å². The van der Waals surface area contributed by atoms with Gasteiger partial charge in [-0.25, -0.2) is 0 Å². The molecule has 0 saturated heterocycles. The molecule has 1 heterocycles. The molecule has 1 amide bonds. The molecule has 0 aromatic heterocycles. The number of fused-ring (bicyclic) bond motifs is 1. The predicted molar refractivity (Wildman–Crippen MR) is 83.5 cm³/mol. The van der Waals surface area contributed by atoms with Gasteiger partial charge in [0.15, 0.2) is 0 Å². The highest BCUT2D eigenvalue weighted by atomic mass is 16.3. The first-order valence-corrected chi connectivity index (χ1v) is 7.45. The first-order chi connectivity index (χ1) is 10.7. The van der Waals surface area contributed by atoms with Crippen LogP contribution < -0.4 is 0 Å². The lowest BCUT2D eigenvalue weighted by Gasteiger charge is -2.36. The molecule has 0 fully saturated rings. The third kappa shape index (κ3) is 2.83. The first-order valence-electron chi connectivity index (χ1n) is 7.45. The number of carbonyl (C=O) groups is 1. The van der Waals surface area contributed by atoms with E-state index in [-0.39, 0.29) is 30.7 Å². The summed E-state index contributed by atoms with van der Waals surface area (Å²) >= 11 is 0. The molecule has 1 aliphatic heterocycles. The number of phenolic OH excluding ortho intramolecular Hbond substituents is 1. The molecule has 0 radical (unpaired) electrons. The minimum Gasteiger partial charge on any atom is -0.508 e. The minimum absolute atomic E-state index is 0.0286. The number of aliphatic hydroxyl groups excluding tert-OH is 1. The lowest BCUT2D eigenvalue weighted by atomic mass is 9.92. The van der Waals surface area contributed by atoms with E-state index in [1.54, 1.807) is 23.1 Å². The Bertz CT molecular complexity index is 684. The maximum atomic E-state index is 12.6. The Balaban J connectivity index is 1.81. The molecule has 0 bridgehead atoms. The van der Waals surface area contributed by atoms with Crippen molar-refractivity contribution in [3.8, 4) is 5.75 Å². The van der Waals surface area contributed by atoms with E-state index in [0.717, 1.165) is 17.5 Å². The zero-order valence-electron chi connectivity index (χ0n) is 12.3. The summed E-state index contributed by atoms with van der Waals surface area (Å²) in [7, 11) is 0. The van der Waals surface area contributed by atoms with Gasteiger partial charge in [-0.05, 0) is 35.2 Å². The van der Waals surface area contributed by atoms with E-state index in [1.807, 2.05) is 24.3 Å². The highest BCUT2D eigenvalue weighted by molar-refractivity contribution is 5.79. The number of rotatable bonds is 3. The van der Waals surface area contributed by atoms with Crippen molar-refractivity contribution in [3.05, 3.63) is 65.2 Å². The normalized spacial score (nSPS) is 17.1. The summed E-state index contributed by atoms with van der Waals surface area (Å²) in [5.74, 6) is 0.132. The topological polar surface area (TPSA) is 60.8 Å². The SMILES string of the molecule is O=C(Cc1cccc(O)c1)N1CCc2ccccc2[C@H]1CO. The fourth-order valence-electron chi connectivity index (χ4n) is 3.09. The van der Waals surface area contributed by atoms with Gasteiger partial charge < -0.3 is 15.1 Å². The Kier molecular flexibility index (Phi) is 4.11. The van der Waals surface area contributed by atoms with E-state index >= 15 is 0 Å². The van der Waals surface area contributed by atoms with Crippen molar-refractivity contribution < 1.29 is 15.0 Å². The molecule has 2 N–H and O–H groups in total. The van der Waals surface area contributed by atoms with Gasteiger partial charge in [0.25, 0.3) is 0 Å². The second-order valence-corrected chi connectivity index (χ2v) is 5.58. The van der Waals surface area contributed by atoms with E-state index in [1.165, 1.54) is 5.56 Å². The number of hydrogen-bond donors (Lipinski definition) is 2. The van der Waals surface area contributed by atoms with Crippen LogP contribution in [0.1, 0.15) is 22.7 Å². The fourth-order valence-corrected chi connectivity index (χ4v) is 3.09. The van der Waals surface area contributed by atoms with Gasteiger partial charge in [-0.3, -0.25) is 4.79 Å². The van der Waals surface area contributed by atoms with Crippen molar-refractivity contribution in [2.75, 3.05) is 13.2 Å². The largest absolute Gasteiger partial charge is 0.508 e. The molecule has 22 heavy (non-hydrogen) atoms. The van der Waals surface area contributed by atoms with Gasteiger partial charge in [0.05, 0.1) is 19.1 Å². The predicted octanol–water partition coefficient (Wildman–Crippen LogP) is 2.05. The summed E-state index contributed by atoms with van der Waals surface area (Å²) in [6, 6.07) is 14.4. The van der Waals surface area contributed by atoms with E-state index in [2.05, 4.69) is 6.07 Å². The van der Waals surface area contributed by atoms with E-state index in [9.17, 15) is 15.0 Å². The summed E-state index contributed by atoms with van der Waals surface area (Å²) in [4.78, 5) is 14.3. The molecule has 0 saturated carbocycles. The molecule has 2 aromatic carbocycles. The number of phenols is 1. The zero-order chi connectivity index (χ0) is 15.5. The summed E-state index contributed by atoms with van der Waals surface area (Å²) in [5, 5.41) is 19.2. The number of aromatic hydroxyl groups is 1. The third-order valence-electron chi connectivity index (χ3n) is 4.17. The number of nitrogens with zero attached hydrogens (tertiary/aromatic N) is 1. The van der Waals surface area contributed by atoms with Gasteiger partial charge in [0, 0.05) is 6.54 Å². The molecular formula is C18H19NO3. The Morgan fingerprint density at radius 2 is 2.00 bits per heavy atom. The van der Waals surface area contributed by atoms with E-state index in [0.29, 0.717) is 6.54 Å². The summed E-state index contributed by atoms with van der Waals surface area (Å²) < 4.78 is 0. The molecule has 1 aliphatic rings. The van der Waals surface area contributed by atoms with Crippen LogP contribution in [0.4, 0.5) is 0 Å². The van der Waals surface area contributed by atoms with Crippen LogP contribution in [-0.2, 0) is 17.6 Å². The Hall–Kier alpha value is -2.33. The van der Waals surface area contributed by atoms with Crippen LogP contribution in [0.3, 0.4) is 0 Å². The van der Waals surface area contributed by atoms with E-state index in [4.69, 9.17) is 0 Å². The molecular weight excluding hydrogens is 278 g/mol.